The van der Waals surface area contributed by atoms with Gasteiger partial charge in [-0.05, 0) is 73.0 Å². The number of rotatable bonds is 2. The maximum atomic E-state index is 11.5. The summed E-state index contributed by atoms with van der Waals surface area (Å²) in [7, 11) is 0. The summed E-state index contributed by atoms with van der Waals surface area (Å²) in [6.45, 7) is 4.75. The summed E-state index contributed by atoms with van der Waals surface area (Å²) in [5, 5.41) is 18.6. The van der Waals surface area contributed by atoms with Gasteiger partial charge in [0.15, 0.2) is 0 Å². The molecule has 2 N–H and O–H groups in total. The van der Waals surface area contributed by atoms with E-state index in [0.717, 1.165) is 5.92 Å². The van der Waals surface area contributed by atoms with Gasteiger partial charge in [-0.3, -0.25) is 0 Å². The summed E-state index contributed by atoms with van der Waals surface area (Å²) in [5.74, 6) is 5.96. The van der Waals surface area contributed by atoms with Crippen molar-refractivity contribution in [1.82, 2.24) is 0 Å². The topological polar surface area (TPSA) is 74.6 Å². The molecule has 4 nitrogen and oxygen atoms in total. The Morgan fingerprint density at radius 2 is 1.88 bits per heavy atom. The summed E-state index contributed by atoms with van der Waals surface area (Å²) in [4.78, 5) is 22.7. The molecule has 0 heterocycles. The first-order chi connectivity index (χ1) is 12.2. The zero-order chi connectivity index (χ0) is 18.7. The highest BCUT2D eigenvalue weighted by Gasteiger charge is 2.58. The molecule has 5 unspecified atom stereocenters. The van der Waals surface area contributed by atoms with Crippen LogP contribution in [0.1, 0.15) is 72.2 Å². The first-order valence-corrected chi connectivity index (χ1v) is 9.31. The Morgan fingerprint density at radius 3 is 2.50 bits per heavy atom. The molecule has 4 saturated carbocycles. The van der Waals surface area contributed by atoms with Crippen molar-refractivity contribution in [2.75, 3.05) is 0 Å². The largest absolute Gasteiger partial charge is 0.478 e. The number of aromatic carboxylic acids is 2. The van der Waals surface area contributed by atoms with E-state index < -0.39 is 11.9 Å². The number of carboxylic acid groups (broad SMARTS) is 2. The van der Waals surface area contributed by atoms with E-state index in [1.807, 2.05) is 0 Å². The highest BCUT2D eigenvalue weighted by Crippen LogP contribution is 2.67. The first kappa shape index (κ1) is 17.1. The molecule has 0 aliphatic heterocycles. The van der Waals surface area contributed by atoms with E-state index in [2.05, 4.69) is 25.7 Å². The van der Waals surface area contributed by atoms with E-state index >= 15 is 0 Å². The summed E-state index contributed by atoms with van der Waals surface area (Å²) >= 11 is 0. The lowest BCUT2D eigenvalue weighted by atomic mass is 9.41. The molecule has 4 aliphatic carbocycles. The van der Waals surface area contributed by atoms with Crippen LogP contribution < -0.4 is 0 Å². The van der Waals surface area contributed by atoms with Crippen LogP contribution in [0.2, 0.25) is 0 Å². The molecule has 4 aliphatic rings. The third kappa shape index (κ3) is 2.70. The van der Waals surface area contributed by atoms with Crippen molar-refractivity contribution in [3.63, 3.8) is 0 Å². The van der Waals surface area contributed by atoms with Gasteiger partial charge < -0.3 is 10.2 Å². The Hall–Kier alpha value is -2.28. The molecule has 4 fully saturated rings. The lowest BCUT2D eigenvalue weighted by molar-refractivity contribution is -0.120. The van der Waals surface area contributed by atoms with Gasteiger partial charge in [-0.15, -0.1) is 0 Å². The highest BCUT2D eigenvalue weighted by molar-refractivity contribution is 5.94. The minimum Gasteiger partial charge on any atom is -0.478 e. The Balaban J connectivity index is 1.71. The van der Waals surface area contributed by atoms with Gasteiger partial charge >= 0.3 is 11.9 Å². The molecule has 0 saturated heterocycles. The Morgan fingerprint density at radius 1 is 1.12 bits per heavy atom. The van der Waals surface area contributed by atoms with Gasteiger partial charge in [-0.2, -0.15) is 0 Å². The van der Waals surface area contributed by atoms with E-state index in [0.29, 0.717) is 16.9 Å². The zero-order valence-electron chi connectivity index (χ0n) is 15.2. The first-order valence-electron chi connectivity index (χ1n) is 9.31. The molecular weight excluding hydrogens is 328 g/mol. The van der Waals surface area contributed by atoms with Crippen LogP contribution in [0.25, 0.3) is 0 Å². The van der Waals surface area contributed by atoms with Gasteiger partial charge in [0.1, 0.15) is 0 Å². The Labute approximate surface area is 153 Å². The van der Waals surface area contributed by atoms with E-state index in [1.54, 1.807) is 0 Å². The second kappa shape index (κ2) is 5.61. The van der Waals surface area contributed by atoms with Crippen LogP contribution in [-0.4, -0.2) is 22.2 Å². The normalized spacial score (nSPS) is 37.1. The van der Waals surface area contributed by atoms with E-state index in [9.17, 15) is 19.8 Å². The number of benzene rings is 1. The smallest absolute Gasteiger partial charge is 0.336 e. The summed E-state index contributed by atoms with van der Waals surface area (Å²) in [6.07, 6.45) is 6.17. The van der Waals surface area contributed by atoms with Gasteiger partial charge in [0.05, 0.1) is 11.1 Å². The quantitative estimate of drug-likeness (QED) is 0.779. The third-order valence-electron chi connectivity index (χ3n) is 6.84. The van der Waals surface area contributed by atoms with E-state index in [4.69, 9.17) is 0 Å². The monoisotopic (exact) mass is 352 g/mol. The lowest BCUT2D eigenvalue weighted by Crippen LogP contribution is -2.54. The van der Waals surface area contributed by atoms with Crippen LogP contribution in [0.5, 0.6) is 0 Å². The van der Waals surface area contributed by atoms with Gasteiger partial charge in [0.2, 0.25) is 0 Å². The van der Waals surface area contributed by atoms with Crippen LogP contribution >= 0.6 is 0 Å². The fourth-order valence-corrected chi connectivity index (χ4v) is 6.49. The van der Waals surface area contributed by atoms with Gasteiger partial charge in [0.25, 0.3) is 0 Å². The average Bonchev–Trinajstić information content (AvgIpc) is 2.51. The number of hydrogen-bond acceptors (Lipinski definition) is 2. The van der Waals surface area contributed by atoms with Crippen LogP contribution in [0.3, 0.4) is 0 Å². The minimum atomic E-state index is -1.07. The molecule has 4 bridgehead atoms. The van der Waals surface area contributed by atoms with Crippen molar-refractivity contribution < 1.29 is 19.8 Å². The molecule has 5 rings (SSSR count). The molecule has 0 amide bonds. The molecule has 4 heteroatoms. The summed E-state index contributed by atoms with van der Waals surface area (Å²) in [5.41, 5.74) is 1.08. The molecule has 0 spiro atoms. The fraction of sp³-hybridized carbons (Fsp3) is 0.545. The van der Waals surface area contributed by atoms with Crippen molar-refractivity contribution in [3.8, 4) is 11.8 Å². The van der Waals surface area contributed by atoms with Gasteiger partial charge in [-0.25, -0.2) is 9.59 Å². The number of carbonyl (C=O) groups is 2. The SMILES string of the molecule is CC12CC3CC(C1)C(C#Cc1cc(C(=O)O)ccc1C(=O)O)C(C)(C3)C2. The lowest BCUT2D eigenvalue weighted by Gasteiger charge is -2.63. The number of carboxylic acids is 2. The molecule has 1 aromatic carbocycles. The summed E-state index contributed by atoms with van der Waals surface area (Å²) < 4.78 is 0. The Kier molecular flexibility index (Phi) is 3.70. The standard InChI is InChI=1S/C22H24O4/c1-21-9-13-7-16(11-21)18(22(2,10-13)12-21)6-4-14-8-15(19(23)24)3-5-17(14)20(25)26/h3,5,8,13,16,18H,7,9-12H2,1-2H3,(H,23,24)(H,25,26). The van der Waals surface area contributed by atoms with Gasteiger partial charge in [-0.1, -0.05) is 25.7 Å². The molecule has 0 radical (unpaired) electrons. The predicted molar refractivity (Wildman–Crippen MR) is 97.0 cm³/mol. The predicted octanol–water partition coefficient (Wildman–Crippen LogP) is 4.29. The number of hydrogen-bond donors (Lipinski definition) is 2. The molecule has 0 aromatic heterocycles. The van der Waals surface area contributed by atoms with Gasteiger partial charge in [0, 0.05) is 11.5 Å². The Bertz CT molecular complexity index is 861. The maximum absolute atomic E-state index is 11.5. The average molecular weight is 352 g/mol. The molecule has 1 aromatic rings. The maximum Gasteiger partial charge on any atom is 0.336 e. The van der Waals surface area contributed by atoms with Crippen LogP contribution in [0.15, 0.2) is 18.2 Å². The zero-order valence-corrected chi connectivity index (χ0v) is 15.2. The summed E-state index contributed by atoms with van der Waals surface area (Å²) in [6, 6.07) is 4.05. The van der Waals surface area contributed by atoms with Crippen LogP contribution in [-0.2, 0) is 0 Å². The van der Waals surface area contributed by atoms with E-state index in [-0.39, 0.29) is 22.5 Å². The minimum absolute atomic E-state index is 0.0723. The van der Waals surface area contributed by atoms with E-state index in [1.165, 1.54) is 50.3 Å². The van der Waals surface area contributed by atoms with Crippen molar-refractivity contribution in [3.05, 3.63) is 34.9 Å². The molecular formula is C22H24O4. The van der Waals surface area contributed by atoms with Crippen molar-refractivity contribution in [2.45, 2.75) is 46.0 Å². The molecule has 5 atom stereocenters. The second-order valence-electron chi connectivity index (χ2n) is 9.23. The highest BCUT2D eigenvalue weighted by atomic mass is 16.4. The van der Waals surface area contributed by atoms with Crippen molar-refractivity contribution in [2.24, 2.45) is 28.6 Å². The molecule has 26 heavy (non-hydrogen) atoms. The van der Waals surface area contributed by atoms with Crippen molar-refractivity contribution in [1.29, 1.82) is 0 Å². The second-order valence-corrected chi connectivity index (χ2v) is 9.23. The van der Waals surface area contributed by atoms with Crippen LogP contribution in [0.4, 0.5) is 0 Å². The third-order valence-corrected chi connectivity index (χ3v) is 6.84. The van der Waals surface area contributed by atoms with Crippen molar-refractivity contribution >= 4 is 11.9 Å². The van der Waals surface area contributed by atoms with Crippen LogP contribution in [0, 0.1) is 40.4 Å². The molecule has 136 valence electrons. The fourth-order valence-electron chi connectivity index (χ4n) is 6.49.